The molecule has 2 bridgehead atoms. The summed E-state index contributed by atoms with van der Waals surface area (Å²) in [6, 6.07) is 14.4. The third-order valence-corrected chi connectivity index (χ3v) is 6.13. The molecule has 6 nitrogen and oxygen atoms in total. The molecule has 1 saturated carbocycles. The molecule has 1 heterocycles. The second-order valence-electron chi connectivity index (χ2n) is 5.89. The van der Waals surface area contributed by atoms with Crippen LogP contribution in [0.5, 0.6) is 0 Å². The second-order valence-corrected chi connectivity index (χ2v) is 6.88. The maximum atomic E-state index is 12.5. The van der Waals surface area contributed by atoms with Crippen LogP contribution in [0.4, 0.5) is 0 Å². The lowest BCUT2D eigenvalue weighted by atomic mass is 9.51. The highest BCUT2D eigenvalue weighted by Gasteiger charge is 2.76. The SMILES string of the molecule is N#CC1(C#N)[C@H](c2ccccc2)[C@@H](Br)[C@]2(O)C[C@@]1(C#N)C(=O)N2. The second kappa shape index (κ2) is 4.80. The molecule has 3 rings (SSSR count). The Morgan fingerprint density at radius 3 is 2.30 bits per heavy atom. The fourth-order valence-electron chi connectivity index (χ4n) is 3.69. The van der Waals surface area contributed by atoms with E-state index < -0.39 is 33.2 Å². The van der Waals surface area contributed by atoms with E-state index in [1.54, 1.807) is 30.3 Å². The molecular weight excluding hydrogens is 360 g/mol. The minimum atomic E-state index is -1.92. The molecule has 23 heavy (non-hydrogen) atoms. The molecule has 1 aromatic rings. The number of aliphatic hydroxyl groups is 1. The molecule has 0 spiro atoms. The smallest absolute Gasteiger partial charge is 0.245 e. The quantitative estimate of drug-likeness (QED) is 0.721. The summed E-state index contributed by atoms with van der Waals surface area (Å²) in [4.78, 5) is 11.7. The average molecular weight is 371 g/mol. The Kier molecular flexibility index (Phi) is 3.23. The van der Waals surface area contributed by atoms with Crippen molar-refractivity contribution in [3.8, 4) is 18.2 Å². The van der Waals surface area contributed by atoms with E-state index in [1.807, 2.05) is 18.2 Å². The average Bonchev–Trinajstić information content (AvgIpc) is 2.82. The third-order valence-electron chi connectivity index (χ3n) is 4.84. The molecule has 1 aliphatic heterocycles. The number of amides is 1. The number of nitrogens with one attached hydrogen (secondary N) is 1. The van der Waals surface area contributed by atoms with Gasteiger partial charge in [-0.2, -0.15) is 15.8 Å². The number of halogens is 1. The Bertz CT molecular complexity index is 792. The van der Waals surface area contributed by atoms with Crippen molar-refractivity contribution in [3.63, 3.8) is 0 Å². The third kappa shape index (κ3) is 1.65. The van der Waals surface area contributed by atoms with Crippen molar-refractivity contribution in [1.82, 2.24) is 5.32 Å². The fraction of sp³-hybridized carbons (Fsp3) is 0.375. The molecule has 0 unspecified atom stereocenters. The number of carbonyl (C=O) groups is 1. The van der Waals surface area contributed by atoms with Gasteiger partial charge < -0.3 is 10.4 Å². The molecule has 2 fully saturated rings. The van der Waals surface area contributed by atoms with Crippen LogP contribution >= 0.6 is 15.9 Å². The molecule has 4 atom stereocenters. The first kappa shape index (κ1) is 15.5. The summed E-state index contributed by atoms with van der Waals surface area (Å²) >= 11 is 3.36. The van der Waals surface area contributed by atoms with Gasteiger partial charge in [-0.05, 0) is 5.56 Å². The summed E-state index contributed by atoms with van der Waals surface area (Å²) in [6.07, 6.45) is -0.310. The van der Waals surface area contributed by atoms with Crippen LogP contribution in [0, 0.1) is 44.8 Å². The first-order valence-electron chi connectivity index (χ1n) is 6.88. The van der Waals surface area contributed by atoms with Crippen LogP contribution in [0.3, 0.4) is 0 Å². The van der Waals surface area contributed by atoms with Gasteiger partial charge >= 0.3 is 0 Å². The van der Waals surface area contributed by atoms with Crippen molar-refractivity contribution < 1.29 is 9.90 Å². The van der Waals surface area contributed by atoms with E-state index in [4.69, 9.17) is 0 Å². The van der Waals surface area contributed by atoms with Crippen LogP contribution in [0.2, 0.25) is 0 Å². The Morgan fingerprint density at radius 2 is 1.78 bits per heavy atom. The number of nitrogens with zero attached hydrogens (tertiary/aromatic N) is 3. The van der Waals surface area contributed by atoms with Crippen LogP contribution < -0.4 is 5.32 Å². The first-order chi connectivity index (χ1) is 10.9. The van der Waals surface area contributed by atoms with Crippen molar-refractivity contribution >= 4 is 21.8 Å². The Hall–Kier alpha value is -2.40. The number of hydrogen-bond donors (Lipinski definition) is 2. The zero-order valence-electron chi connectivity index (χ0n) is 11.8. The van der Waals surface area contributed by atoms with Crippen molar-refractivity contribution in [3.05, 3.63) is 35.9 Å². The molecule has 2 N–H and O–H groups in total. The predicted octanol–water partition coefficient (Wildman–Crippen LogP) is 1.30. The Balaban J connectivity index is 2.35. The zero-order chi connectivity index (χ0) is 16.9. The van der Waals surface area contributed by atoms with E-state index in [9.17, 15) is 25.7 Å². The van der Waals surface area contributed by atoms with E-state index in [0.29, 0.717) is 5.56 Å². The molecule has 0 aromatic heterocycles. The van der Waals surface area contributed by atoms with Gasteiger partial charge in [0.05, 0.1) is 23.0 Å². The van der Waals surface area contributed by atoms with Crippen LogP contribution in [-0.2, 0) is 4.79 Å². The van der Waals surface area contributed by atoms with E-state index in [2.05, 4.69) is 21.2 Å². The molecular formula is C16H11BrN4O2. The maximum absolute atomic E-state index is 12.5. The highest BCUT2D eigenvalue weighted by molar-refractivity contribution is 9.09. The van der Waals surface area contributed by atoms with Gasteiger partial charge in [-0.15, -0.1) is 0 Å². The van der Waals surface area contributed by atoms with E-state index in [1.165, 1.54) is 0 Å². The highest BCUT2D eigenvalue weighted by atomic mass is 79.9. The minimum absolute atomic E-state index is 0.310. The normalized spacial score (nSPS) is 37.1. The van der Waals surface area contributed by atoms with Gasteiger partial charge in [0.1, 0.15) is 0 Å². The molecule has 7 heteroatoms. The summed E-state index contributed by atoms with van der Waals surface area (Å²) in [5.41, 5.74) is -4.92. The van der Waals surface area contributed by atoms with Crippen LogP contribution in [0.25, 0.3) is 0 Å². The number of benzene rings is 1. The zero-order valence-corrected chi connectivity index (χ0v) is 13.4. The predicted molar refractivity (Wildman–Crippen MR) is 81.3 cm³/mol. The summed E-state index contributed by atoms with van der Waals surface area (Å²) in [7, 11) is 0. The van der Waals surface area contributed by atoms with Gasteiger partial charge in [0, 0.05) is 12.3 Å². The summed E-state index contributed by atoms with van der Waals surface area (Å²) < 4.78 is 0. The minimum Gasteiger partial charge on any atom is -0.370 e. The molecule has 1 amide bonds. The summed E-state index contributed by atoms with van der Waals surface area (Å²) in [5, 5.41) is 42.4. The lowest BCUT2D eigenvalue weighted by Crippen LogP contribution is -2.58. The molecule has 1 aliphatic carbocycles. The van der Waals surface area contributed by atoms with Gasteiger partial charge in [-0.3, -0.25) is 4.79 Å². The summed E-state index contributed by atoms with van der Waals surface area (Å²) in [5.74, 6) is -1.63. The van der Waals surface area contributed by atoms with Gasteiger partial charge in [0.2, 0.25) is 5.91 Å². The summed E-state index contributed by atoms with van der Waals surface area (Å²) in [6.45, 7) is 0. The van der Waals surface area contributed by atoms with Crippen LogP contribution in [0.15, 0.2) is 30.3 Å². The maximum Gasteiger partial charge on any atom is 0.245 e. The Labute approximate surface area is 141 Å². The number of nitriles is 3. The molecule has 2 aliphatic rings. The van der Waals surface area contributed by atoms with Gasteiger partial charge in [0.15, 0.2) is 16.6 Å². The fourth-order valence-corrected chi connectivity index (χ4v) is 4.67. The van der Waals surface area contributed by atoms with Gasteiger partial charge in [-0.1, -0.05) is 46.3 Å². The molecule has 114 valence electrons. The number of carbonyl (C=O) groups excluding carboxylic acids is 1. The van der Waals surface area contributed by atoms with E-state index in [0.717, 1.165) is 0 Å². The van der Waals surface area contributed by atoms with Crippen molar-refractivity contribution in [2.24, 2.45) is 10.8 Å². The highest BCUT2D eigenvalue weighted by Crippen LogP contribution is 2.63. The molecule has 1 aromatic carbocycles. The monoisotopic (exact) mass is 370 g/mol. The molecule has 1 saturated heterocycles. The standard InChI is InChI=1S/C16H11BrN4O2/c17-12-11(10-4-2-1-3-5-10)15(8-19,9-20)14(7-18)6-16(12,23)21-13(14)22/h1-5,11-12,23H,6H2,(H,21,22)/t11-,12-,14-,16-/m1/s1. The number of fused-ring (bicyclic) bond motifs is 2. The topological polar surface area (TPSA) is 121 Å². The Morgan fingerprint density at radius 1 is 1.17 bits per heavy atom. The lowest BCUT2D eigenvalue weighted by Gasteiger charge is -2.47. The van der Waals surface area contributed by atoms with Crippen molar-refractivity contribution in [1.29, 1.82) is 15.8 Å². The van der Waals surface area contributed by atoms with E-state index >= 15 is 0 Å². The van der Waals surface area contributed by atoms with Crippen molar-refractivity contribution in [2.75, 3.05) is 0 Å². The molecule has 0 radical (unpaired) electrons. The first-order valence-corrected chi connectivity index (χ1v) is 7.80. The number of alkyl halides is 1. The number of hydrogen-bond acceptors (Lipinski definition) is 5. The van der Waals surface area contributed by atoms with E-state index in [-0.39, 0.29) is 6.42 Å². The lowest BCUT2D eigenvalue weighted by molar-refractivity contribution is -0.128. The van der Waals surface area contributed by atoms with Crippen molar-refractivity contribution in [2.45, 2.75) is 22.9 Å². The van der Waals surface area contributed by atoms with Gasteiger partial charge in [-0.25, -0.2) is 0 Å². The van der Waals surface area contributed by atoms with Gasteiger partial charge in [0.25, 0.3) is 0 Å². The van der Waals surface area contributed by atoms with Crippen LogP contribution in [0.1, 0.15) is 17.9 Å². The number of rotatable bonds is 1. The van der Waals surface area contributed by atoms with Crippen LogP contribution in [-0.4, -0.2) is 21.6 Å². The largest absolute Gasteiger partial charge is 0.370 e.